The molecule has 0 N–H and O–H groups in total. The van der Waals surface area contributed by atoms with Crippen LogP contribution in [0.25, 0.3) is 0 Å². The summed E-state index contributed by atoms with van der Waals surface area (Å²) in [6, 6.07) is 3.49. The van der Waals surface area contributed by atoms with Crippen molar-refractivity contribution in [2.45, 2.75) is 25.6 Å². The largest absolute Gasteiger partial charge is 0.492 e. The van der Waals surface area contributed by atoms with Gasteiger partial charge in [-0.15, -0.1) is 11.6 Å². The van der Waals surface area contributed by atoms with Crippen molar-refractivity contribution in [3.8, 4) is 5.75 Å². The normalized spacial score (nSPS) is 12.6. The minimum absolute atomic E-state index is 0.106. The molecule has 0 aliphatic rings. The van der Waals surface area contributed by atoms with Gasteiger partial charge in [0.2, 0.25) is 0 Å². The zero-order valence-corrected chi connectivity index (χ0v) is 11.0. The van der Waals surface area contributed by atoms with Gasteiger partial charge >= 0.3 is 0 Å². The van der Waals surface area contributed by atoms with Gasteiger partial charge in [-0.2, -0.15) is 0 Å². The van der Waals surface area contributed by atoms with Crippen molar-refractivity contribution in [2.24, 2.45) is 0 Å². The molecule has 0 aromatic heterocycles. The molecule has 84 valence electrons. The Morgan fingerprint density at radius 1 is 1.20 bits per heavy atom. The fourth-order valence-electron chi connectivity index (χ4n) is 1.27. The van der Waals surface area contributed by atoms with E-state index in [0.717, 1.165) is 12.0 Å². The highest BCUT2D eigenvalue weighted by Crippen LogP contribution is 2.37. The van der Waals surface area contributed by atoms with Crippen LogP contribution in [0.1, 0.15) is 31.2 Å². The summed E-state index contributed by atoms with van der Waals surface area (Å²) >= 11 is 18.2. The summed E-state index contributed by atoms with van der Waals surface area (Å²) in [7, 11) is 0. The number of hydrogen-bond acceptors (Lipinski definition) is 1. The van der Waals surface area contributed by atoms with Crippen LogP contribution < -0.4 is 4.74 Å². The maximum absolute atomic E-state index is 6.11. The lowest BCUT2D eigenvalue weighted by Gasteiger charge is -2.12. The Hall–Kier alpha value is -0.110. The molecule has 0 heterocycles. The molecule has 0 radical (unpaired) electrons. The van der Waals surface area contributed by atoms with E-state index in [1.165, 1.54) is 0 Å². The first kappa shape index (κ1) is 13.0. The number of hydrogen-bond donors (Lipinski definition) is 0. The number of benzene rings is 1. The monoisotopic (exact) mass is 266 g/mol. The molecule has 0 aliphatic heterocycles. The van der Waals surface area contributed by atoms with E-state index in [1.54, 1.807) is 12.1 Å². The molecule has 0 saturated carbocycles. The summed E-state index contributed by atoms with van der Waals surface area (Å²) in [6.45, 7) is 4.46. The van der Waals surface area contributed by atoms with Crippen LogP contribution in [0, 0.1) is 0 Å². The summed E-state index contributed by atoms with van der Waals surface area (Å²) in [5.41, 5.74) is 0.856. The van der Waals surface area contributed by atoms with Gasteiger partial charge in [-0.05, 0) is 25.0 Å². The summed E-state index contributed by atoms with van der Waals surface area (Å²) in [5.74, 6) is 0.605. The van der Waals surface area contributed by atoms with Crippen LogP contribution in [-0.2, 0) is 0 Å². The van der Waals surface area contributed by atoms with E-state index in [-0.39, 0.29) is 5.38 Å². The highest BCUT2D eigenvalue weighted by molar-refractivity contribution is 6.35. The van der Waals surface area contributed by atoms with Crippen molar-refractivity contribution in [1.82, 2.24) is 0 Å². The molecule has 1 unspecified atom stereocenters. The number of rotatable bonds is 4. The van der Waals surface area contributed by atoms with Crippen molar-refractivity contribution in [1.29, 1.82) is 0 Å². The van der Waals surface area contributed by atoms with Gasteiger partial charge in [0.25, 0.3) is 0 Å². The van der Waals surface area contributed by atoms with E-state index in [9.17, 15) is 0 Å². The van der Waals surface area contributed by atoms with Crippen molar-refractivity contribution in [3.05, 3.63) is 27.7 Å². The fourth-order valence-corrected chi connectivity index (χ4v) is 2.02. The molecule has 0 saturated heterocycles. The fraction of sp³-hybridized carbons (Fsp3) is 0.455. The third-order valence-electron chi connectivity index (χ3n) is 2.05. The van der Waals surface area contributed by atoms with Gasteiger partial charge in [-0.25, -0.2) is 0 Å². The van der Waals surface area contributed by atoms with E-state index in [1.807, 2.05) is 13.8 Å². The smallest absolute Gasteiger partial charge is 0.139 e. The van der Waals surface area contributed by atoms with Crippen molar-refractivity contribution < 1.29 is 4.74 Å². The molecule has 0 fully saturated rings. The Balaban J connectivity index is 3.07. The predicted octanol–water partition coefficient (Wildman–Crippen LogP) is 5.08. The van der Waals surface area contributed by atoms with E-state index in [2.05, 4.69) is 0 Å². The molecule has 1 aromatic rings. The maximum Gasteiger partial charge on any atom is 0.139 e. The number of ether oxygens (including phenoxy) is 1. The molecule has 1 rings (SSSR count). The van der Waals surface area contributed by atoms with Crippen LogP contribution in [0.15, 0.2) is 12.1 Å². The molecule has 1 aromatic carbocycles. The zero-order valence-electron chi connectivity index (χ0n) is 8.69. The van der Waals surface area contributed by atoms with Crippen LogP contribution in [0.5, 0.6) is 5.75 Å². The molecule has 1 atom stereocenters. The zero-order chi connectivity index (χ0) is 11.4. The Morgan fingerprint density at radius 2 is 1.87 bits per heavy atom. The van der Waals surface area contributed by atoms with Crippen molar-refractivity contribution in [3.63, 3.8) is 0 Å². The average Bonchev–Trinajstić information content (AvgIpc) is 2.22. The number of alkyl halides is 1. The van der Waals surface area contributed by atoms with Gasteiger partial charge in [0, 0.05) is 11.1 Å². The van der Waals surface area contributed by atoms with Crippen molar-refractivity contribution >= 4 is 34.8 Å². The first-order valence-electron chi connectivity index (χ1n) is 4.85. The maximum atomic E-state index is 6.11. The van der Waals surface area contributed by atoms with E-state index in [4.69, 9.17) is 39.5 Å². The topological polar surface area (TPSA) is 9.23 Å². The van der Waals surface area contributed by atoms with Gasteiger partial charge in [0.05, 0.1) is 17.0 Å². The Bertz CT molecular complexity index is 339. The lowest BCUT2D eigenvalue weighted by molar-refractivity contribution is 0.340. The van der Waals surface area contributed by atoms with Gasteiger partial charge in [-0.1, -0.05) is 30.1 Å². The van der Waals surface area contributed by atoms with Crippen molar-refractivity contribution in [2.75, 3.05) is 6.61 Å². The van der Waals surface area contributed by atoms with Crippen LogP contribution in [0.2, 0.25) is 10.0 Å². The molecule has 0 bridgehead atoms. The lowest BCUT2D eigenvalue weighted by atomic mass is 10.1. The third kappa shape index (κ3) is 3.17. The molecular weight excluding hydrogens is 254 g/mol. The third-order valence-corrected chi connectivity index (χ3v) is 3.21. The lowest BCUT2D eigenvalue weighted by Crippen LogP contribution is -1.95. The minimum Gasteiger partial charge on any atom is -0.492 e. The SMILES string of the molecule is CCOc1cc(Cl)c(C(Cl)CC)cc1Cl. The highest BCUT2D eigenvalue weighted by atomic mass is 35.5. The van der Waals surface area contributed by atoms with Crippen LogP contribution >= 0.6 is 34.8 Å². The van der Waals surface area contributed by atoms with E-state index in [0.29, 0.717) is 22.4 Å². The highest BCUT2D eigenvalue weighted by Gasteiger charge is 2.13. The molecule has 4 heteroatoms. The molecule has 0 aliphatic carbocycles. The number of halogens is 3. The first-order valence-corrected chi connectivity index (χ1v) is 6.05. The van der Waals surface area contributed by atoms with E-state index < -0.39 is 0 Å². The Kier molecular flexibility index (Phi) is 5.04. The van der Waals surface area contributed by atoms with Crippen LogP contribution in [0.4, 0.5) is 0 Å². The second-order valence-corrected chi connectivity index (χ2v) is 4.45. The predicted molar refractivity (Wildman–Crippen MR) is 66.5 cm³/mol. The first-order chi connectivity index (χ1) is 7.10. The average molecular weight is 268 g/mol. The standard InChI is InChI=1S/C11H13Cl3O/c1-3-8(12)7-5-10(14)11(15-4-2)6-9(7)13/h5-6,8H,3-4H2,1-2H3. The summed E-state index contributed by atoms with van der Waals surface area (Å²) < 4.78 is 5.33. The quantitative estimate of drug-likeness (QED) is 0.691. The molecule has 1 nitrogen and oxygen atoms in total. The van der Waals surface area contributed by atoms with Gasteiger partial charge < -0.3 is 4.74 Å². The van der Waals surface area contributed by atoms with Crippen LogP contribution in [0.3, 0.4) is 0 Å². The van der Waals surface area contributed by atoms with Gasteiger partial charge in [-0.3, -0.25) is 0 Å². The Labute approximate surface area is 105 Å². The van der Waals surface area contributed by atoms with Gasteiger partial charge in [0.15, 0.2) is 0 Å². The van der Waals surface area contributed by atoms with Crippen LogP contribution in [-0.4, -0.2) is 6.61 Å². The second-order valence-electron chi connectivity index (χ2n) is 3.11. The van der Waals surface area contributed by atoms with E-state index >= 15 is 0 Å². The summed E-state index contributed by atoms with van der Waals surface area (Å²) in [4.78, 5) is 0. The second kappa shape index (κ2) is 5.83. The molecule has 15 heavy (non-hydrogen) atoms. The minimum atomic E-state index is -0.106. The van der Waals surface area contributed by atoms with Gasteiger partial charge in [0.1, 0.15) is 5.75 Å². The Morgan fingerprint density at radius 3 is 2.40 bits per heavy atom. The summed E-state index contributed by atoms with van der Waals surface area (Å²) in [5, 5.41) is 1.05. The molecule has 0 amide bonds. The molecular formula is C11H13Cl3O. The molecule has 0 spiro atoms. The summed E-state index contributed by atoms with van der Waals surface area (Å²) in [6.07, 6.45) is 0.811.